The third-order valence-electron chi connectivity index (χ3n) is 7.82. The van der Waals surface area contributed by atoms with Gasteiger partial charge in [0.25, 0.3) is 5.91 Å². The quantitative estimate of drug-likeness (QED) is 0.283. The van der Waals surface area contributed by atoms with E-state index in [2.05, 4.69) is 96.6 Å². The summed E-state index contributed by atoms with van der Waals surface area (Å²) in [6, 6.07) is 22.0. The summed E-state index contributed by atoms with van der Waals surface area (Å²) in [7, 11) is 2.17. The Morgan fingerprint density at radius 3 is 2.46 bits per heavy atom. The van der Waals surface area contributed by atoms with E-state index < -0.39 is 0 Å². The highest BCUT2D eigenvalue weighted by atomic mass is 79.9. The molecular weight excluding hydrogens is 578 g/mol. The van der Waals surface area contributed by atoms with Gasteiger partial charge in [0, 0.05) is 90.2 Å². The maximum Gasteiger partial charge on any atom is 0.255 e. The molecule has 0 radical (unpaired) electrons. The van der Waals surface area contributed by atoms with Crippen LogP contribution in [0.2, 0.25) is 0 Å². The molecule has 2 aliphatic heterocycles. The predicted molar refractivity (Wildman–Crippen MR) is 169 cm³/mol. The van der Waals surface area contributed by atoms with Crippen LogP contribution in [-0.4, -0.2) is 60.5 Å². The molecule has 1 amide bonds. The molecule has 2 aliphatic rings. The minimum atomic E-state index is -0.132. The van der Waals surface area contributed by atoms with E-state index in [0.717, 1.165) is 84.0 Å². The van der Waals surface area contributed by atoms with Crippen LogP contribution < -0.4 is 20.4 Å². The van der Waals surface area contributed by atoms with Crippen molar-refractivity contribution < 1.29 is 4.79 Å². The summed E-state index contributed by atoms with van der Waals surface area (Å²) < 4.78 is 0.876. The van der Waals surface area contributed by atoms with Crippen LogP contribution in [0.3, 0.4) is 0 Å². The first kappa shape index (κ1) is 27.2. The van der Waals surface area contributed by atoms with Gasteiger partial charge in [-0.1, -0.05) is 28.1 Å². The number of carbonyl (C=O) groups excluding carboxylic acids is 1. The molecule has 41 heavy (non-hydrogen) atoms. The number of nitrogens with one attached hydrogen (secondary N) is 2. The van der Waals surface area contributed by atoms with Crippen LogP contribution in [0.4, 0.5) is 28.7 Å². The summed E-state index contributed by atoms with van der Waals surface area (Å²) in [5.41, 5.74) is 8.08. The van der Waals surface area contributed by atoms with Gasteiger partial charge in [-0.15, -0.1) is 0 Å². The molecule has 210 valence electrons. The normalized spacial score (nSPS) is 15.4. The summed E-state index contributed by atoms with van der Waals surface area (Å²) in [4.78, 5) is 29.4. The molecule has 0 spiro atoms. The van der Waals surface area contributed by atoms with Gasteiger partial charge >= 0.3 is 0 Å². The molecule has 0 aliphatic carbocycles. The highest BCUT2D eigenvalue weighted by Gasteiger charge is 2.21. The number of piperazine rings is 1. The van der Waals surface area contributed by atoms with E-state index in [1.807, 2.05) is 36.5 Å². The van der Waals surface area contributed by atoms with Crippen molar-refractivity contribution in [3.8, 4) is 0 Å². The largest absolute Gasteiger partial charge is 0.369 e. The van der Waals surface area contributed by atoms with Crippen LogP contribution in [0, 0.1) is 6.92 Å². The van der Waals surface area contributed by atoms with E-state index in [-0.39, 0.29) is 5.91 Å². The number of amides is 1. The molecule has 0 unspecified atom stereocenters. The van der Waals surface area contributed by atoms with Gasteiger partial charge in [-0.25, -0.2) is 9.97 Å². The summed E-state index contributed by atoms with van der Waals surface area (Å²) in [6.07, 6.45) is 2.76. The molecule has 3 aromatic carbocycles. The topological polar surface area (TPSA) is 76.6 Å². The van der Waals surface area contributed by atoms with Crippen LogP contribution in [0.15, 0.2) is 77.4 Å². The third-order valence-corrected chi connectivity index (χ3v) is 8.31. The summed E-state index contributed by atoms with van der Waals surface area (Å²) in [6.45, 7) is 7.95. The standard InChI is InChI=1S/C32H34BrN7O/c1-22-6-7-27(35-31(41)23-4-3-5-25(33)18-23)19-30(22)40-13-12-29-24(21-40)20-34-32(37-29)36-26-8-10-28(11-9-26)39-16-14-38(2)15-17-39/h3-11,18-20H,12-17,21H2,1-2H3,(H,35,41)(H,34,36,37). The molecule has 6 rings (SSSR count). The second-order valence-electron chi connectivity index (χ2n) is 10.8. The molecule has 3 heterocycles. The van der Waals surface area contributed by atoms with Crippen molar-refractivity contribution in [2.45, 2.75) is 19.9 Å². The molecule has 1 fully saturated rings. The maximum atomic E-state index is 12.8. The third kappa shape index (κ3) is 6.36. The monoisotopic (exact) mass is 611 g/mol. The Balaban J connectivity index is 1.11. The number of anilines is 5. The number of hydrogen-bond acceptors (Lipinski definition) is 7. The van der Waals surface area contributed by atoms with Crippen molar-refractivity contribution in [1.29, 1.82) is 0 Å². The summed E-state index contributed by atoms with van der Waals surface area (Å²) >= 11 is 3.44. The minimum absolute atomic E-state index is 0.132. The number of likely N-dealkylation sites (N-methyl/N-ethyl adjacent to an activating group) is 1. The van der Waals surface area contributed by atoms with Gasteiger partial charge in [0.15, 0.2) is 0 Å². The molecule has 4 aromatic rings. The van der Waals surface area contributed by atoms with Gasteiger partial charge in [-0.05, 0) is 74.1 Å². The average molecular weight is 613 g/mol. The fourth-order valence-electron chi connectivity index (χ4n) is 5.39. The van der Waals surface area contributed by atoms with Crippen LogP contribution in [0.25, 0.3) is 0 Å². The molecule has 2 N–H and O–H groups in total. The number of hydrogen-bond donors (Lipinski definition) is 2. The van der Waals surface area contributed by atoms with E-state index in [4.69, 9.17) is 4.98 Å². The van der Waals surface area contributed by atoms with Crippen LogP contribution in [0.1, 0.15) is 27.2 Å². The van der Waals surface area contributed by atoms with E-state index in [0.29, 0.717) is 11.5 Å². The number of rotatable bonds is 6. The van der Waals surface area contributed by atoms with E-state index in [1.54, 1.807) is 0 Å². The molecule has 1 aromatic heterocycles. The zero-order valence-corrected chi connectivity index (χ0v) is 25.0. The Bertz CT molecular complexity index is 1550. The lowest BCUT2D eigenvalue weighted by molar-refractivity contribution is 0.102. The van der Waals surface area contributed by atoms with Crippen molar-refractivity contribution in [2.24, 2.45) is 0 Å². The first-order chi connectivity index (χ1) is 19.9. The number of fused-ring (bicyclic) bond motifs is 1. The molecule has 1 saturated heterocycles. The van der Waals surface area contributed by atoms with Crippen molar-refractivity contribution in [1.82, 2.24) is 14.9 Å². The Morgan fingerprint density at radius 1 is 0.902 bits per heavy atom. The number of carbonyl (C=O) groups is 1. The lowest BCUT2D eigenvalue weighted by Crippen LogP contribution is -2.44. The van der Waals surface area contributed by atoms with Crippen molar-refractivity contribution in [3.63, 3.8) is 0 Å². The number of aromatic nitrogens is 2. The Kier molecular flexibility index (Phi) is 7.89. The fraction of sp³-hybridized carbons (Fsp3) is 0.281. The zero-order chi connectivity index (χ0) is 28.3. The lowest BCUT2D eigenvalue weighted by atomic mass is 10.0. The average Bonchev–Trinajstić information content (AvgIpc) is 2.99. The summed E-state index contributed by atoms with van der Waals surface area (Å²) in [5.74, 6) is 0.491. The number of benzene rings is 3. The van der Waals surface area contributed by atoms with Crippen LogP contribution in [0.5, 0.6) is 0 Å². The SMILES string of the molecule is Cc1ccc(NC(=O)c2cccc(Br)c2)cc1N1CCc2nc(Nc3ccc(N4CCN(C)CC4)cc3)ncc2C1. The van der Waals surface area contributed by atoms with Gasteiger partial charge in [0.05, 0.1) is 5.69 Å². The van der Waals surface area contributed by atoms with Crippen molar-refractivity contribution in [3.05, 3.63) is 99.8 Å². The maximum absolute atomic E-state index is 12.8. The lowest BCUT2D eigenvalue weighted by Gasteiger charge is -2.34. The fourth-order valence-corrected chi connectivity index (χ4v) is 5.79. The Morgan fingerprint density at radius 2 is 1.68 bits per heavy atom. The molecule has 0 atom stereocenters. The van der Waals surface area contributed by atoms with Crippen LogP contribution >= 0.6 is 15.9 Å². The smallest absolute Gasteiger partial charge is 0.255 e. The van der Waals surface area contributed by atoms with Crippen LogP contribution in [-0.2, 0) is 13.0 Å². The Hall–Kier alpha value is -3.95. The van der Waals surface area contributed by atoms with Gasteiger partial charge < -0.3 is 25.3 Å². The second-order valence-corrected chi connectivity index (χ2v) is 11.7. The van der Waals surface area contributed by atoms with E-state index in [1.165, 1.54) is 5.69 Å². The zero-order valence-electron chi connectivity index (χ0n) is 23.4. The second kappa shape index (κ2) is 11.9. The molecule has 9 heteroatoms. The summed E-state index contributed by atoms with van der Waals surface area (Å²) in [5, 5.41) is 6.42. The van der Waals surface area contributed by atoms with Gasteiger partial charge in [0.1, 0.15) is 0 Å². The predicted octanol–water partition coefficient (Wildman–Crippen LogP) is 5.86. The molecule has 8 nitrogen and oxygen atoms in total. The molecule has 0 bridgehead atoms. The van der Waals surface area contributed by atoms with Gasteiger partial charge in [-0.2, -0.15) is 0 Å². The number of halogens is 1. The first-order valence-electron chi connectivity index (χ1n) is 14.0. The van der Waals surface area contributed by atoms with Gasteiger partial charge in [0.2, 0.25) is 5.95 Å². The van der Waals surface area contributed by atoms with Crippen molar-refractivity contribution in [2.75, 3.05) is 60.2 Å². The number of aryl methyl sites for hydroxylation is 1. The number of nitrogens with zero attached hydrogens (tertiary/aromatic N) is 5. The molecule has 0 saturated carbocycles. The van der Waals surface area contributed by atoms with Crippen molar-refractivity contribution >= 4 is 50.5 Å². The first-order valence-corrected chi connectivity index (χ1v) is 14.8. The highest BCUT2D eigenvalue weighted by molar-refractivity contribution is 9.10. The minimum Gasteiger partial charge on any atom is -0.369 e. The van der Waals surface area contributed by atoms with Gasteiger partial charge in [-0.3, -0.25) is 4.79 Å². The Labute approximate surface area is 249 Å². The van der Waals surface area contributed by atoms with E-state index in [9.17, 15) is 4.79 Å². The van der Waals surface area contributed by atoms with E-state index >= 15 is 0 Å². The highest BCUT2D eigenvalue weighted by Crippen LogP contribution is 2.30. The molecular formula is C32H34BrN7O.